The van der Waals surface area contributed by atoms with Crippen LogP contribution in [0.5, 0.6) is 0 Å². The molecule has 4 nitrogen and oxygen atoms in total. The topological polar surface area (TPSA) is 46.9 Å². The SMILES string of the molecule is CCCNC(=O)C(C)Sc1nccn1-c1cccc(F)c1. The Morgan fingerprint density at radius 3 is 3.05 bits per heavy atom. The molecule has 0 spiro atoms. The second kappa shape index (κ2) is 7.26. The lowest BCUT2D eigenvalue weighted by Gasteiger charge is -2.12. The van der Waals surface area contributed by atoms with Gasteiger partial charge in [-0.05, 0) is 31.5 Å². The van der Waals surface area contributed by atoms with Gasteiger partial charge in [0.05, 0.1) is 10.9 Å². The molecule has 1 aromatic heterocycles. The Morgan fingerprint density at radius 2 is 2.33 bits per heavy atom. The molecular formula is C15H18FN3OS. The fourth-order valence-corrected chi connectivity index (χ4v) is 2.71. The summed E-state index contributed by atoms with van der Waals surface area (Å²) >= 11 is 1.35. The van der Waals surface area contributed by atoms with Crippen molar-refractivity contribution >= 4 is 17.7 Å². The van der Waals surface area contributed by atoms with E-state index >= 15 is 0 Å². The van der Waals surface area contributed by atoms with Crippen molar-refractivity contribution in [3.05, 3.63) is 42.5 Å². The molecular weight excluding hydrogens is 289 g/mol. The number of carbonyl (C=O) groups excluding carboxylic acids is 1. The summed E-state index contributed by atoms with van der Waals surface area (Å²) in [6, 6.07) is 6.29. The summed E-state index contributed by atoms with van der Waals surface area (Å²) in [4.78, 5) is 16.1. The summed E-state index contributed by atoms with van der Waals surface area (Å²) < 4.78 is 15.1. The minimum Gasteiger partial charge on any atom is -0.355 e. The number of amides is 1. The number of hydrogen-bond acceptors (Lipinski definition) is 3. The molecule has 1 N–H and O–H groups in total. The predicted molar refractivity (Wildman–Crippen MR) is 82.1 cm³/mol. The van der Waals surface area contributed by atoms with Crippen LogP contribution < -0.4 is 5.32 Å². The molecule has 21 heavy (non-hydrogen) atoms. The van der Waals surface area contributed by atoms with Gasteiger partial charge in [0, 0.05) is 18.9 Å². The van der Waals surface area contributed by atoms with Crippen molar-refractivity contribution < 1.29 is 9.18 Å². The van der Waals surface area contributed by atoms with Gasteiger partial charge in [-0.15, -0.1) is 0 Å². The van der Waals surface area contributed by atoms with Crippen LogP contribution in [0.25, 0.3) is 5.69 Å². The Kier molecular flexibility index (Phi) is 5.38. The molecule has 2 rings (SSSR count). The first kappa shape index (κ1) is 15.6. The number of nitrogens with one attached hydrogen (secondary N) is 1. The quantitative estimate of drug-likeness (QED) is 0.835. The van der Waals surface area contributed by atoms with Crippen molar-refractivity contribution in [3.63, 3.8) is 0 Å². The minimum absolute atomic E-state index is 0.0179. The van der Waals surface area contributed by atoms with Crippen LogP contribution in [0.4, 0.5) is 4.39 Å². The van der Waals surface area contributed by atoms with E-state index in [0.29, 0.717) is 17.4 Å². The van der Waals surface area contributed by atoms with Crippen molar-refractivity contribution in [2.45, 2.75) is 30.7 Å². The highest BCUT2D eigenvalue weighted by Crippen LogP contribution is 2.24. The maximum absolute atomic E-state index is 13.3. The smallest absolute Gasteiger partial charge is 0.233 e. The molecule has 0 saturated heterocycles. The van der Waals surface area contributed by atoms with Crippen LogP contribution in [0.15, 0.2) is 41.8 Å². The monoisotopic (exact) mass is 307 g/mol. The van der Waals surface area contributed by atoms with Crippen molar-refractivity contribution in [1.82, 2.24) is 14.9 Å². The molecule has 0 fully saturated rings. The van der Waals surface area contributed by atoms with Gasteiger partial charge < -0.3 is 5.32 Å². The molecule has 2 aromatic rings. The molecule has 112 valence electrons. The van der Waals surface area contributed by atoms with Gasteiger partial charge in [0.2, 0.25) is 5.91 Å². The van der Waals surface area contributed by atoms with E-state index in [0.717, 1.165) is 6.42 Å². The van der Waals surface area contributed by atoms with Crippen LogP contribution in [0.3, 0.4) is 0 Å². The van der Waals surface area contributed by atoms with Gasteiger partial charge in [-0.25, -0.2) is 9.37 Å². The van der Waals surface area contributed by atoms with E-state index in [1.807, 2.05) is 13.8 Å². The highest BCUT2D eigenvalue weighted by atomic mass is 32.2. The molecule has 1 heterocycles. The number of carbonyl (C=O) groups is 1. The van der Waals surface area contributed by atoms with E-state index in [2.05, 4.69) is 10.3 Å². The van der Waals surface area contributed by atoms with E-state index in [9.17, 15) is 9.18 Å². The van der Waals surface area contributed by atoms with Gasteiger partial charge in [0.15, 0.2) is 5.16 Å². The Labute approximate surface area is 127 Å². The molecule has 0 bridgehead atoms. The number of rotatable bonds is 6. The lowest BCUT2D eigenvalue weighted by Crippen LogP contribution is -2.31. The third kappa shape index (κ3) is 4.07. The van der Waals surface area contributed by atoms with E-state index in [-0.39, 0.29) is 17.0 Å². The normalized spacial score (nSPS) is 12.1. The standard InChI is InChI=1S/C15H18FN3OS/c1-3-7-17-14(20)11(2)21-15-18-8-9-19(15)13-6-4-5-12(16)10-13/h4-6,8-11H,3,7H2,1-2H3,(H,17,20). The average molecular weight is 307 g/mol. The molecule has 0 aliphatic rings. The summed E-state index contributed by atoms with van der Waals surface area (Å²) in [5, 5.41) is 3.26. The second-order valence-corrected chi connectivity index (χ2v) is 5.92. The Balaban J connectivity index is 2.12. The Morgan fingerprint density at radius 1 is 1.52 bits per heavy atom. The highest BCUT2D eigenvalue weighted by Gasteiger charge is 2.17. The van der Waals surface area contributed by atoms with E-state index in [1.165, 1.54) is 23.9 Å². The molecule has 1 atom stereocenters. The molecule has 0 saturated carbocycles. The molecule has 1 amide bonds. The first-order chi connectivity index (χ1) is 10.1. The number of nitrogens with zero attached hydrogens (tertiary/aromatic N) is 2. The number of aromatic nitrogens is 2. The van der Waals surface area contributed by atoms with Crippen LogP contribution in [0, 0.1) is 5.82 Å². The Bertz CT molecular complexity index is 614. The zero-order valence-electron chi connectivity index (χ0n) is 12.0. The second-order valence-electron chi connectivity index (χ2n) is 4.61. The maximum Gasteiger partial charge on any atom is 0.233 e. The summed E-state index contributed by atoms with van der Waals surface area (Å²) in [6.07, 6.45) is 4.30. The highest BCUT2D eigenvalue weighted by molar-refractivity contribution is 8.00. The van der Waals surface area contributed by atoms with Gasteiger partial charge in [0.1, 0.15) is 5.82 Å². The minimum atomic E-state index is -0.300. The molecule has 0 aliphatic heterocycles. The van der Waals surface area contributed by atoms with E-state index < -0.39 is 0 Å². The Hall–Kier alpha value is -1.82. The number of thioether (sulfide) groups is 1. The summed E-state index contributed by atoms with van der Waals surface area (Å²) in [5.41, 5.74) is 0.691. The third-order valence-electron chi connectivity index (χ3n) is 2.89. The number of halogens is 1. The van der Waals surface area contributed by atoms with E-state index in [1.54, 1.807) is 29.1 Å². The molecule has 1 unspecified atom stereocenters. The van der Waals surface area contributed by atoms with Gasteiger partial charge in [-0.1, -0.05) is 24.8 Å². The van der Waals surface area contributed by atoms with Crippen LogP contribution in [-0.4, -0.2) is 27.3 Å². The van der Waals surface area contributed by atoms with Crippen molar-refractivity contribution in [1.29, 1.82) is 0 Å². The summed E-state index contributed by atoms with van der Waals surface area (Å²) in [6.45, 7) is 4.51. The van der Waals surface area contributed by atoms with E-state index in [4.69, 9.17) is 0 Å². The van der Waals surface area contributed by atoms with Crippen LogP contribution in [0.1, 0.15) is 20.3 Å². The lowest BCUT2D eigenvalue weighted by atomic mass is 10.3. The molecule has 1 aromatic carbocycles. The molecule has 0 radical (unpaired) electrons. The zero-order valence-corrected chi connectivity index (χ0v) is 12.9. The summed E-state index contributed by atoms with van der Waals surface area (Å²) in [5.74, 6) is -0.318. The van der Waals surface area contributed by atoms with Crippen LogP contribution in [0.2, 0.25) is 0 Å². The number of imidazole rings is 1. The van der Waals surface area contributed by atoms with Crippen molar-refractivity contribution in [3.8, 4) is 5.69 Å². The zero-order chi connectivity index (χ0) is 15.2. The largest absolute Gasteiger partial charge is 0.355 e. The fourth-order valence-electron chi connectivity index (χ4n) is 1.80. The van der Waals surface area contributed by atoms with Gasteiger partial charge >= 0.3 is 0 Å². The van der Waals surface area contributed by atoms with Crippen molar-refractivity contribution in [2.24, 2.45) is 0 Å². The third-order valence-corrected chi connectivity index (χ3v) is 3.97. The van der Waals surface area contributed by atoms with Gasteiger partial charge in [0.25, 0.3) is 0 Å². The summed E-state index contributed by atoms with van der Waals surface area (Å²) in [7, 11) is 0. The molecule has 0 aliphatic carbocycles. The van der Waals surface area contributed by atoms with Gasteiger partial charge in [-0.2, -0.15) is 0 Å². The first-order valence-electron chi connectivity index (χ1n) is 6.85. The lowest BCUT2D eigenvalue weighted by molar-refractivity contribution is -0.120. The first-order valence-corrected chi connectivity index (χ1v) is 7.73. The number of hydrogen-bond donors (Lipinski definition) is 1. The van der Waals surface area contributed by atoms with Crippen LogP contribution in [-0.2, 0) is 4.79 Å². The number of benzene rings is 1. The van der Waals surface area contributed by atoms with Crippen LogP contribution >= 0.6 is 11.8 Å². The van der Waals surface area contributed by atoms with Gasteiger partial charge in [-0.3, -0.25) is 9.36 Å². The van der Waals surface area contributed by atoms with Crippen molar-refractivity contribution in [2.75, 3.05) is 6.54 Å². The maximum atomic E-state index is 13.3. The average Bonchev–Trinajstić information content (AvgIpc) is 2.92. The molecule has 6 heteroatoms. The fraction of sp³-hybridized carbons (Fsp3) is 0.333. The predicted octanol–water partition coefficient (Wildman–Crippen LogP) is 3.02.